The van der Waals surface area contributed by atoms with Gasteiger partial charge in [-0.1, -0.05) is 68.3 Å². The Labute approximate surface area is 184 Å². The highest BCUT2D eigenvalue weighted by Crippen LogP contribution is 2.29. The average Bonchev–Trinajstić information content (AvgIpc) is 3.05. The molecule has 4 rings (SSSR count). The lowest BCUT2D eigenvalue weighted by Crippen LogP contribution is -2.41. The molecule has 0 radical (unpaired) electrons. The van der Waals surface area contributed by atoms with Gasteiger partial charge in [0.1, 0.15) is 11.6 Å². The van der Waals surface area contributed by atoms with Crippen LogP contribution in [0.25, 0.3) is 17.0 Å². The van der Waals surface area contributed by atoms with Gasteiger partial charge in [0.25, 0.3) is 5.91 Å². The van der Waals surface area contributed by atoms with Crippen LogP contribution in [-0.4, -0.2) is 16.5 Å². The highest BCUT2D eigenvalue weighted by atomic mass is 16.1. The van der Waals surface area contributed by atoms with E-state index in [-0.39, 0.29) is 17.5 Å². The number of aromatic nitrogens is 1. The maximum absolute atomic E-state index is 12.9. The van der Waals surface area contributed by atoms with Crippen molar-refractivity contribution in [3.63, 3.8) is 0 Å². The maximum atomic E-state index is 12.9. The third-order valence-corrected chi connectivity index (χ3v) is 6.54. The van der Waals surface area contributed by atoms with E-state index in [0.29, 0.717) is 5.92 Å². The Bertz CT molecular complexity index is 1150. The van der Waals surface area contributed by atoms with Crippen LogP contribution in [0.1, 0.15) is 49.4 Å². The zero-order valence-corrected chi connectivity index (χ0v) is 18.3. The third-order valence-electron chi connectivity index (χ3n) is 6.54. The smallest absolute Gasteiger partial charge is 0.262 e. The summed E-state index contributed by atoms with van der Waals surface area (Å²) in [5.41, 5.74) is 4.48. The van der Waals surface area contributed by atoms with Gasteiger partial charge in [0.2, 0.25) is 0 Å². The second-order valence-corrected chi connectivity index (χ2v) is 8.60. The Morgan fingerprint density at radius 1 is 1.13 bits per heavy atom. The molecule has 31 heavy (non-hydrogen) atoms. The van der Waals surface area contributed by atoms with Crippen molar-refractivity contribution in [2.24, 2.45) is 5.92 Å². The van der Waals surface area contributed by atoms with Gasteiger partial charge in [0.15, 0.2) is 0 Å². The van der Waals surface area contributed by atoms with Gasteiger partial charge in [-0.15, -0.1) is 0 Å². The first-order valence-electron chi connectivity index (χ1n) is 11.1. The molecule has 0 spiro atoms. The van der Waals surface area contributed by atoms with Crippen molar-refractivity contribution in [1.82, 2.24) is 9.88 Å². The van der Waals surface area contributed by atoms with Crippen molar-refractivity contribution in [2.45, 2.75) is 52.1 Å². The number of nitrogens with zero attached hydrogens (tertiary/aromatic N) is 2. The maximum Gasteiger partial charge on any atom is 0.262 e. The molecule has 0 unspecified atom stereocenters. The van der Waals surface area contributed by atoms with Gasteiger partial charge >= 0.3 is 0 Å². The number of nitriles is 1. The monoisotopic (exact) mass is 411 g/mol. The Hall–Kier alpha value is -3.32. The molecule has 158 valence electrons. The first kappa shape index (κ1) is 20.9. The summed E-state index contributed by atoms with van der Waals surface area (Å²) in [7, 11) is 0. The number of hydrogen-bond donors (Lipinski definition) is 1. The van der Waals surface area contributed by atoms with Crippen LogP contribution in [0.5, 0.6) is 0 Å². The van der Waals surface area contributed by atoms with Crippen LogP contribution in [-0.2, 0) is 11.3 Å². The summed E-state index contributed by atoms with van der Waals surface area (Å²) in [6.45, 7) is 4.99. The van der Waals surface area contributed by atoms with Gasteiger partial charge in [0.05, 0.1) is 0 Å². The SMILES string of the molecule is Cc1c(/C=C(\C#N)C(=O)N[C@H]2CCCC[C@@H]2C)c2ccccc2n1Cc1ccccc1. The van der Waals surface area contributed by atoms with Gasteiger partial charge in [0, 0.05) is 34.7 Å². The molecule has 4 heteroatoms. The van der Waals surface area contributed by atoms with E-state index in [1.54, 1.807) is 6.08 Å². The lowest BCUT2D eigenvalue weighted by atomic mass is 9.86. The number of amides is 1. The van der Waals surface area contributed by atoms with Crippen molar-refractivity contribution in [3.05, 3.63) is 77.0 Å². The molecule has 4 nitrogen and oxygen atoms in total. The zero-order chi connectivity index (χ0) is 21.8. The molecule has 1 saturated carbocycles. The van der Waals surface area contributed by atoms with E-state index in [1.165, 1.54) is 12.0 Å². The van der Waals surface area contributed by atoms with Crippen LogP contribution in [0.15, 0.2) is 60.2 Å². The molecule has 2 atom stereocenters. The van der Waals surface area contributed by atoms with Gasteiger partial charge in [-0.25, -0.2) is 0 Å². The number of benzene rings is 2. The van der Waals surface area contributed by atoms with Gasteiger partial charge in [-0.3, -0.25) is 4.79 Å². The van der Waals surface area contributed by atoms with Gasteiger partial charge in [-0.05, 0) is 43.4 Å². The quantitative estimate of drug-likeness (QED) is 0.439. The molecule has 3 aromatic rings. The molecule has 2 aromatic carbocycles. The molecule has 1 aliphatic rings. The summed E-state index contributed by atoms with van der Waals surface area (Å²) in [4.78, 5) is 12.9. The molecular formula is C27H29N3O. The predicted octanol–water partition coefficient (Wildman–Crippen LogP) is 5.60. The normalized spacial score (nSPS) is 19.2. The molecular weight excluding hydrogens is 382 g/mol. The summed E-state index contributed by atoms with van der Waals surface area (Å²) >= 11 is 0. The van der Waals surface area contributed by atoms with Crippen molar-refractivity contribution in [1.29, 1.82) is 5.26 Å². The first-order valence-corrected chi connectivity index (χ1v) is 11.1. The lowest BCUT2D eigenvalue weighted by Gasteiger charge is -2.29. The third kappa shape index (κ3) is 4.41. The Morgan fingerprint density at radius 2 is 1.84 bits per heavy atom. The minimum absolute atomic E-state index is 0.151. The van der Waals surface area contributed by atoms with Crippen LogP contribution in [0, 0.1) is 24.2 Å². The first-order chi connectivity index (χ1) is 15.1. The highest BCUT2D eigenvalue weighted by molar-refractivity contribution is 6.04. The molecule has 0 saturated heterocycles. The fraction of sp³-hybridized carbons (Fsp3) is 0.333. The summed E-state index contributed by atoms with van der Waals surface area (Å²) < 4.78 is 2.26. The van der Waals surface area contributed by atoms with E-state index in [1.807, 2.05) is 30.3 Å². The summed E-state index contributed by atoms with van der Waals surface area (Å²) in [6.07, 6.45) is 6.23. The zero-order valence-electron chi connectivity index (χ0n) is 18.3. The number of hydrogen-bond acceptors (Lipinski definition) is 2. The summed E-state index contributed by atoms with van der Waals surface area (Å²) in [5.74, 6) is 0.188. The largest absolute Gasteiger partial charge is 0.348 e. The average molecular weight is 412 g/mol. The number of para-hydroxylation sites is 1. The van der Waals surface area contributed by atoms with Crippen molar-refractivity contribution < 1.29 is 4.79 Å². The van der Waals surface area contributed by atoms with Crippen molar-refractivity contribution >= 4 is 22.9 Å². The lowest BCUT2D eigenvalue weighted by molar-refractivity contribution is -0.118. The summed E-state index contributed by atoms with van der Waals surface area (Å²) in [5, 5.41) is 13.9. The Morgan fingerprint density at radius 3 is 2.58 bits per heavy atom. The van der Waals surface area contributed by atoms with E-state index in [9.17, 15) is 10.1 Å². The van der Waals surface area contributed by atoms with Crippen molar-refractivity contribution in [3.8, 4) is 6.07 Å². The van der Waals surface area contributed by atoms with Crippen molar-refractivity contribution in [2.75, 3.05) is 0 Å². The predicted molar refractivity (Wildman–Crippen MR) is 125 cm³/mol. The van der Waals surface area contributed by atoms with Gasteiger partial charge in [-0.2, -0.15) is 5.26 Å². The number of carbonyl (C=O) groups is 1. The number of carbonyl (C=O) groups excluding carboxylic acids is 1. The molecule has 1 heterocycles. The van der Waals surface area contributed by atoms with E-state index in [0.717, 1.165) is 48.0 Å². The van der Waals surface area contributed by atoms with Crippen LogP contribution in [0.4, 0.5) is 0 Å². The molecule has 1 aliphatic carbocycles. The van der Waals surface area contributed by atoms with E-state index >= 15 is 0 Å². The number of fused-ring (bicyclic) bond motifs is 1. The van der Waals surface area contributed by atoms with E-state index in [2.05, 4.69) is 54.1 Å². The van der Waals surface area contributed by atoms with E-state index in [4.69, 9.17) is 0 Å². The molecule has 1 amide bonds. The molecule has 1 fully saturated rings. The van der Waals surface area contributed by atoms with Crippen LogP contribution in [0.3, 0.4) is 0 Å². The molecule has 0 aliphatic heterocycles. The second-order valence-electron chi connectivity index (χ2n) is 8.60. The van der Waals surface area contributed by atoms with Gasteiger partial charge < -0.3 is 9.88 Å². The van der Waals surface area contributed by atoms with Crippen LogP contribution < -0.4 is 5.32 Å². The second kappa shape index (κ2) is 9.22. The van der Waals surface area contributed by atoms with E-state index < -0.39 is 0 Å². The minimum atomic E-state index is -0.263. The standard InChI is InChI=1S/C27H29N3O/c1-19-10-6-8-14-25(19)29-27(31)22(17-28)16-24-20(2)30(18-21-11-4-3-5-12-21)26-15-9-7-13-23(24)26/h3-5,7,9,11-13,15-16,19,25H,6,8,10,14,18H2,1-2H3,(H,29,31)/b22-16+/t19-,25-/m0/s1. The minimum Gasteiger partial charge on any atom is -0.348 e. The highest BCUT2D eigenvalue weighted by Gasteiger charge is 2.24. The van der Waals surface area contributed by atoms with Crippen LogP contribution in [0.2, 0.25) is 0 Å². The fourth-order valence-electron chi connectivity index (χ4n) is 4.68. The molecule has 1 N–H and O–H groups in total. The topological polar surface area (TPSA) is 57.8 Å². The Kier molecular flexibility index (Phi) is 6.23. The Balaban J connectivity index is 1.69. The van der Waals surface area contributed by atoms with Crippen LogP contribution >= 0.6 is 0 Å². The molecule has 1 aromatic heterocycles. The molecule has 0 bridgehead atoms. The summed E-state index contributed by atoms with van der Waals surface area (Å²) in [6, 6.07) is 20.8. The number of rotatable bonds is 5. The number of nitrogens with one attached hydrogen (secondary N) is 1. The fourth-order valence-corrected chi connectivity index (χ4v) is 4.68.